The third-order valence-corrected chi connectivity index (χ3v) is 6.21. The standard InChI is InChI=1S/C21H22N2O2S/c1-26(25)17-8-6-16(7-9-17)21(24)23-12-10-15(11-13-23)19-14-22-20-5-3-2-4-18(19)20/h2-9,14-15,22H,10-13H2,1H3/t26-/m0/s1. The van der Waals surface area contributed by atoms with E-state index in [-0.39, 0.29) is 5.91 Å². The number of amides is 1. The Balaban J connectivity index is 1.44. The second kappa shape index (κ2) is 7.08. The van der Waals surface area contributed by atoms with Crippen molar-refractivity contribution in [1.29, 1.82) is 0 Å². The van der Waals surface area contributed by atoms with Crippen LogP contribution in [-0.2, 0) is 10.8 Å². The number of piperidine rings is 1. The van der Waals surface area contributed by atoms with E-state index in [1.54, 1.807) is 30.5 Å². The first kappa shape index (κ1) is 17.0. The minimum absolute atomic E-state index is 0.0656. The Hall–Kier alpha value is -2.40. The molecule has 4 nitrogen and oxygen atoms in total. The zero-order valence-corrected chi connectivity index (χ0v) is 15.6. The van der Waals surface area contributed by atoms with E-state index in [1.165, 1.54) is 16.5 Å². The van der Waals surface area contributed by atoms with E-state index in [1.807, 2.05) is 11.0 Å². The quantitative estimate of drug-likeness (QED) is 0.764. The first-order chi connectivity index (χ1) is 12.6. The molecule has 1 N–H and O–H groups in total. The predicted octanol–water partition coefficient (Wildman–Crippen LogP) is 3.93. The summed E-state index contributed by atoms with van der Waals surface area (Å²) in [4.78, 5) is 18.8. The number of fused-ring (bicyclic) bond motifs is 1. The highest BCUT2D eigenvalue weighted by Gasteiger charge is 2.26. The molecule has 1 aliphatic rings. The van der Waals surface area contributed by atoms with Crippen molar-refractivity contribution in [2.45, 2.75) is 23.7 Å². The molecule has 0 radical (unpaired) electrons. The number of aromatic nitrogens is 1. The molecule has 0 spiro atoms. The molecule has 1 aliphatic heterocycles. The maximum absolute atomic E-state index is 12.7. The number of nitrogens with one attached hydrogen (secondary N) is 1. The number of hydrogen-bond acceptors (Lipinski definition) is 2. The van der Waals surface area contributed by atoms with Crippen LogP contribution in [-0.4, -0.2) is 39.3 Å². The van der Waals surface area contributed by atoms with Crippen molar-refractivity contribution in [2.24, 2.45) is 0 Å². The number of carbonyl (C=O) groups is 1. The molecule has 1 amide bonds. The third kappa shape index (κ3) is 3.19. The highest BCUT2D eigenvalue weighted by Crippen LogP contribution is 2.33. The summed E-state index contributed by atoms with van der Waals surface area (Å²) in [6, 6.07) is 15.5. The maximum Gasteiger partial charge on any atom is 0.253 e. The van der Waals surface area contributed by atoms with E-state index in [9.17, 15) is 9.00 Å². The number of para-hydroxylation sites is 1. The molecule has 0 aliphatic carbocycles. The fourth-order valence-electron chi connectivity index (χ4n) is 3.80. The summed E-state index contributed by atoms with van der Waals surface area (Å²) >= 11 is 0. The van der Waals surface area contributed by atoms with Crippen LogP contribution < -0.4 is 0 Å². The summed E-state index contributed by atoms with van der Waals surface area (Å²) in [5.74, 6) is 0.552. The molecule has 2 aromatic carbocycles. The van der Waals surface area contributed by atoms with Crippen LogP contribution in [0.5, 0.6) is 0 Å². The molecule has 26 heavy (non-hydrogen) atoms. The van der Waals surface area contributed by atoms with Gasteiger partial charge in [0.1, 0.15) is 0 Å². The molecule has 1 aromatic heterocycles. The van der Waals surface area contributed by atoms with Gasteiger partial charge in [-0.3, -0.25) is 9.00 Å². The Bertz CT molecular complexity index is 954. The van der Waals surface area contributed by atoms with Gasteiger partial charge in [0.15, 0.2) is 0 Å². The molecular formula is C21H22N2O2S. The van der Waals surface area contributed by atoms with Gasteiger partial charge >= 0.3 is 0 Å². The number of H-pyrrole nitrogens is 1. The lowest BCUT2D eigenvalue weighted by Crippen LogP contribution is -2.37. The fourth-order valence-corrected chi connectivity index (χ4v) is 4.32. The summed E-state index contributed by atoms with van der Waals surface area (Å²) in [5, 5.41) is 1.29. The fraction of sp³-hybridized carbons (Fsp3) is 0.286. The average Bonchev–Trinajstić information content (AvgIpc) is 3.12. The maximum atomic E-state index is 12.7. The third-order valence-electron chi connectivity index (χ3n) is 5.28. The molecule has 0 bridgehead atoms. The van der Waals surface area contributed by atoms with Crippen molar-refractivity contribution >= 4 is 27.6 Å². The molecular weight excluding hydrogens is 344 g/mol. The minimum Gasteiger partial charge on any atom is -0.361 e. The van der Waals surface area contributed by atoms with Gasteiger partial charge in [-0.05, 0) is 54.7 Å². The highest BCUT2D eigenvalue weighted by molar-refractivity contribution is 7.84. The number of rotatable bonds is 3. The lowest BCUT2D eigenvalue weighted by molar-refractivity contribution is 0.0713. The molecule has 134 valence electrons. The van der Waals surface area contributed by atoms with E-state index in [2.05, 4.69) is 29.4 Å². The van der Waals surface area contributed by atoms with Crippen LogP contribution in [0.1, 0.15) is 34.7 Å². The summed E-state index contributed by atoms with van der Waals surface area (Å²) in [7, 11) is -1.02. The van der Waals surface area contributed by atoms with Crippen LogP contribution in [0.2, 0.25) is 0 Å². The topological polar surface area (TPSA) is 53.2 Å². The Morgan fingerprint density at radius 1 is 1.08 bits per heavy atom. The normalized spacial score (nSPS) is 16.7. The number of benzene rings is 2. The number of carbonyl (C=O) groups excluding carboxylic acids is 1. The molecule has 0 saturated carbocycles. The van der Waals surface area contributed by atoms with E-state index >= 15 is 0 Å². The largest absolute Gasteiger partial charge is 0.361 e. The Kier molecular flexibility index (Phi) is 4.64. The van der Waals surface area contributed by atoms with Crippen LogP contribution in [0.3, 0.4) is 0 Å². The van der Waals surface area contributed by atoms with Crippen molar-refractivity contribution in [3.8, 4) is 0 Å². The Morgan fingerprint density at radius 3 is 2.46 bits per heavy atom. The lowest BCUT2D eigenvalue weighted by atomic mass is 9.89. The highest BCUT2D eigenvalue weighted by atomic mass is 32.2. The van der Waals surface area contributed by atoms with Gasteiger partial charge in [0, 0.05) is 57.7 Å². The van der Waals surface area contributed by atoms with Gasteiger partial charge in [-0.2, -0.15) is 0 Å². The Labute approximate surface area is 155 Å². The summed E-state index contributed by atoms with van der Waals surface area (Å²) in [6.07, 6.45) is 5.72. The van der Waals surface area contributed by atoms with Crippen molar-refractivity contribution in [1.82, 2.24) is 9.88 Å². The minimum atomic E-state index is -1.02. The monoisotopic (exact) mass is 366 g/mol. The van der Waals surface area contributed by atoms with E-state index in [4.69, 9.17) is 0 Å². The number of nitrogens with zero attached hydrogens (tertiary/aromatic N) is 1. The van der Waals surface area contributed by atoms with Crippen molar-refractivity contribution < 1.29 is 9.00 Å². The molecule has 4 rings (SSSR count). The number of likely N-dealkylation sites (tertiary alicyclic amines) is 1. The first-order valence-corrected chi connectivity index (χ1v) is 10.5. The average molecular weight is 366 g/mol. The molecule has 1 saturated heterocycles. The summed E-state index contributed by atoms with van der Waals surface area (Å²) < 4.78 is 11.5. The summed E-state index contributed by atoms with van der Waals surface area (Å²) in [6.45, 7) is 1.54. The smallest absolute Gasteiger partial charge is 0.253 e. The van der Waals surface area contributed by atoms with E-state index in [0.29, 0.717) is 11.5 Å². The van der Waals surface area contributed by atoms with Crippen LogP contribution in [0.4, 0.5) is 0 Å². The number of hydrogen-bond donors (Lipinski definition) is 1. The van der Waals surface area contributed by atoms with Crippen LogP contribution in [0.25, 0.3) is 10.9 Å². The number of aromatic amines is 1. The van der Waals surface area contributed by atoms with E-state index in [0.717, 1.165) is 30.8 Å². The molecule has 0 unspecified atom stereocenters. The van der Waals surface area contributed by atoms with Crippen LogP contribution >= 0.6 is 0 Å². The zero-order valence-electron chi connectivity index (χ0n) is 14.8. The van der Waals surface area contributed by atoms with Gasteiger partial charge in [0.2, 0.25) is 0 Å². The van der Waals surface area contributed by atoms with E-state index < -0.39 is 10.8 Å². The van der Waals surface area contributed by atoms with Crippen molar-refractivity contribution in [3.63, 3.8) is 0 Å². The first-order valence-electron chi connectivity index (χ1n) is 8.92. The lowest BCUT2D eigenvalue weighted by Gasteiger charge is -2.32. The van der Waals surface area contributed by atoms with Crippen molar-refractivity contribution in [3.05, 3.63) is 65.9 Å². The van der Waals surface area contributed by atoms with Crippen molar-refractivity contribution in [2.75, 3.05) is 19.3 Å². The second-order valence-electron chi connectivity index (χ2n) is 6.83. The second-order valence-corrected chi connectivity index (χ2v) is 8.21. The molecule has 1 fully saturated rings. The van der Waals surface area contributed by atoms with Gasteiger partial charge in [0.05, 0.1) is 0 Å². The summed E-state index contributed by atoms with van der Waals surface area (Å²) in [5.41, 5.74) is 3.21. The molecule has 2 heterocycles. The predicted molar refractivity (Wildman–Crippen MR) is 105 cm³/mol. The molecule has 1 atom stereocenters. The molecule has 5 heteroatoms. The van der Waals surface area contributed by atoms with Crippen LogP contribution in [0, 0.1) is 0 Å². The van der Waals surface area contributed by atoms with Gasteiger partial charge in [-0.25, -0.2) is 0 Å². The van der Waals surface area contributed by atoms with Gasteiger partial charge in [0.25, 0.3) is 5.91 Å². The zero-order chi connectivity index (χ0) is 18.1. The van der Waals surface area contributed by atoms with Crippen LogP contribution in [0.15, 0.2) is 59.6 Å². The molecule has 3 aromatic rings. The van der Waals surface area contributed by atoms with Gasteiger partial charge in [-0.15, -0.1) is 0 Å². The SMILES string of the molecule is C[S@](=O)c1ccc(C(=O)N2CCC(c3c[nH]c4ccccc34)CC2)cc1. The van der Waals surface area contributed by atoms with Gasteiger partial charge < -0.3 is 9.88 Å². The Morgan fingerprint density at radius 2 is 1.77 bits per heavy atom. The van der Waals surface area contributed by atoms with Gasteiger partial charge in [-0.1, -0.05) is 18.2 Å².